The van der Waals surface area contributed by atoms with Crippen molar-refractivity contribution in [1.82, 2.24) is 9.21 Å². The molecule has 1 saturated heterocycles. The Bertz CT molecular complexity index is 1160. The Balaban J connectivity index is 1.52. The highest BCUT2D eigenvalue weighted by molar-refractivity contribution is 7.82. The molecule has 210 valence electrons. The number of halogens is 3. The summed E-state index contributed by atoms with van der Waals surface area (Å²) in [5.74, 6) is 0.590. The summed E-state index contributed by atoms with van der Waals surface area (Å²) in [5, 5.41) is 10.9. The molecule has 1 aliphatic rings. The molecule has 0 saturated carbocycles. The first-order valence-electron chi connectivity index (χ1n) is 11.7. The number of piperidine rings is 1. The number of pyridine rings is 1. The molecule has 1 N–H and O–H groups in total. The molecule has 1 amide bonds. The number of carbonyl (C=O) groups excluding carboxylic acids is 1. The van der Waals surface area contributed by atoms with Crippen LogP contribution in [-0.4, -0.2) is 87.1 Å². The van der Waals surface area contributed by atoms with Crippen LogP contribution in [0.25, 0.3) is 0 Å². The van der Waals surface area contributed by atoms with E-state index in [-0.39, 0.29) is 39.1 Å². The van der Waals surface area contributed by atoms with Crippen LogP contribution in [0.3, 0.4) is 0 Å². The lowest BCUT2D eigenvalue weighted by atomic mass is 9.91. The highest BCUT2D eigenvalue weighted by Gasteiger charge is 2.45. The minimum Gasteiger partial charge on any atom is -0.497 e. The first-order chi connectivity index (χ1) is 17.8. The van der Waals surface area contributed by atoms with Crippen molar-refractivity contribution in [3.8, 4) is 5.75 Å². The lowest BCUT2D eigenvalue weighted by molar-refractivity contribution is -0.516. The van der Waals surface area contributed by atoms with E-state index in [1.165, 1.54) is 26.6 Å². The number of carbonyl (C=O) groups is 1. The fourth-order valence-corrected chi connectivity index (χ4v) is 5.03. The maximum absolute atomic E-state index is 13.5. The second kappa shape index (κ2) is 12.3. The predicted octanol–water partition coefficient (Wildman–Crippen LogP) is 2.12. The molecule has 0 bridgehead atoms. The van der Waals surface area contributed by atoms with Gasteiger partial charge in [0.1, 0.15) is 5.75 Å². The van der Waals surface area contributed by atoms with Crippen LogP contribution >= 0.6 is 0 Å². The third kappa shape index (κ3) is 7.79. The summed E-state index contributed by atoms with van der Waals surface area (Å²) in [6.07, 6.45) is -5.91. The molecule has 1 aromatic carbocycles. The Hall–Kier alpha value is -2.94. The van der Waals surface area contributed by atoms with Gasteiger partial charge in [-0.3, -0.25) is 0 Å². The van der Waals surface area contributed by atoms with Crippen LogP contribution in [0.1, 0.15) is 18.4 Å². The van der Waals surface area contributed by atoms with Gasteiger partial charge in [0.25, 0.3) is 0 Å². The number of hydrogen-bond donors (Lipinski definition) is 1. The standard InChI is InChI=1S/C24H31F3N3O7S/c1-28(38(33,34)30-12-4-3-5-13-30)18-23(32)10-14-29(15-11-23)22(31)37-21(24(25,26)27)17-36-16-19-6-8-20(35-2)9-7-19/h3-9,12-13,21,32H,10-11,14-18H2,1-2H3/q+1/t21-/m1/s1. The van der Waals surface area contributed by atoms with Gasteiger partial charge < -0.3 is 24.2 Å². The molecule has 10 nitrogen and oxygen atoms in total. The maximum atomic E-state index is 13.5. The molecule has 2 aromatic rings. The second-order valence-electron chi connectivity index (χ2n) is 8.96. The van der Waals surface area contributed by atoms with Crippen molar-refractivity contribution in [3.05, 3.63) is 60.4 Å². The van der Waals surface area contributed by atoms with E-state index in [0.29, 0.717) is 11.3 Å². The number of likely N-dealkylation sites (N-methyl/N-ethyl adjacent to an activating group) is 1. The number of aliphatic hydroxyl groups is 1. The molecule has 0 unspecified atom stereocenters. The Morgan fingerprint density at radius 1 is 1.16 bits per heavy atom. The molecule has 2 heterocycles. The number of hydrogen-bond acceptors (Lipinski definition) is 7. The summed E-state index contributed by atoms with van der Waals surface area (Å²) in [7, 11) is -1.13. The Kier molecular flexibility index (Phi) is 9.57. The highest BCUT2D eigenvalue weighted by Crippen LogP contribution is 2.27. The predicted molar refractivity (Wildman–Crippen MR) is 128 cm³/mol. The van der Waals surface area contributed by atoms with Crippen LogP contribution in [0.15, 0.2) is 54.9 Å². The smallest absolute Gasteiger partial charge is 0.447 e. The van der Waals surface area contributed by atoms with Crippen LogP contribution < -0.4 is 8.71 Å². The molecule has 0 aliphatic carbocycles. The summed E-state index contributed by atoms with van der Waals surface area (Å²) in [6.45, 7) is -1.50. The van der Waals surface area contributed by atoms with E-state index in [4.69, 9.17) is 14.2 Å². The van der Waals surface area contributed by atoms with Gasteiger partial charge >= 0.3 is 22.5 Å². The van der Waals surface area contributed by atoms with Gasteiger partial charge in [-0.1, -0.05) is 22.2 Å². The van der Waals surface area contributed by atoms with Crippen molar-refractivity contribution in [2.75, 3.05) is 40.4 Å². The zero-order valence-corrected chi connectivity index (χ0v) is 21.8. The van der Waals surface area contributed by atoms with Crippen LogP contribution in [0.2, 0.25) is 0 Å². The number of ether oxygens (including phenoxy) is 3. The maximum Gasteiger partial charge on any atom is 0.447 e. The Labute approximate surface area is 219 Å². The molecule has 0 radical (unpaired) electrons. The van der Waals surface area contributed by atoms with Gasteiger partial charge in [-0.2, -0.15) is 13.2 Å². The van der Waals surface area contributed by atoms with Gasteiger partial charge in [0.05, 0.1) is 25.9 Å². The third-order valence-corrected chi connectivity index (χ3v) is 7.82. The van der Waals surface area contributed by atoms with Gasteiger partial charge in [0, 0.05) is 38.8 Å². The first-order valence-corrected chi connectivity index (χ1v) is 13.1. The van der Waals surface area contributed by atoms with Crippen LogP contribution in [0.4, 0.5) is 18.0 Å². The number of alkyl halides is 3. The monoisotopic (exact) mass is 562 g/mol. The summed E-state index contributed by atoms with van der Waals surface area (Å²) < 4.78 is 82.8. The topological polar surface area (TPSA) is 109 Å². The van der Waals surface area contributed by atoms with E-state index in [1.807, 2.05) is 0 Å². The number of rotatable bonds is 10. The van der Waals surface area contributed by atoms with Gasteiger partial charge in [-0.25, -0.2) is 4.79 Å². The minimum atomic E-state index is -4.85. The van der Waals surface area contributed by atoms with E-state index in [0.717, 1.165) is 13.2 Å². The fourth-order valence-electron chi connectivity index (χ4n) is 3.85. The molecule has 1 aliphatic heterocycles. The van der Waals surface area contributed by atoms with Gasteiger partial charge in [0.15, 0.2) is 12.4 Å². The number of aromatic nitrogens is 1. The normalized spacial score (nSPS) is 16.8. The van der Waals surface area contributed by atoms with E-state index < -0.39 is 40.8 Å². The zero-order valence-electron chi connectivity index (χ0n) is 21.0. The number of methoxy groups -OCH3 is 1. The average Bonchev–Trinajstić information content (AvgIpc) is 2.88. The Morgan fingerprint density at radius 2 is 1.76 bits per heavy atom. The second-order valence-corrected chi connectivity index (χ2v) is 10.9. The zero-order chi connectivity index (χ0) is 28.0. The third-order valence-electron chi connectivity index (χ3n) is 6.12. The van der Waals surface area contributed by atoms with E-state index >= 15 is 0 Å². The average molecular weight is 563 g/mol. The summed E-state index contributed by atoms with van der Waals surface area (Å²) in [6, 6.07) is 11.3. The fraction of sp³-hybridized carbons (Fsp3) is 0.500. The molecule has 0 spiro atoms. The SMILES string of the molecule is COc1ccc(COC[C@@H](OC(=O)N2CCC(O)(CN(C)S(=O)(=O)[n+]3ccccc3)CC2)C(F)(F)F)cc1. The number of benzene rings is 1. The summed E-state index contributed by atoms with van der Waals surface area (Å²) in [5.41, 5.74) is -0.857. The van der Waals surface area contributed by atoms with E-state index in [1.54, 1.807) is 42.5 Å². The lowest BCUT2D eigenvalue weighted by Crippen LogP contribution is -2.57. The van der Waals surface area contributed by atoms with Gasteiger partial charge in [0.2, 0.25) is 6.10 Å². The molecular weight excluding hydrogens is 531 g/mol. The summed E-state index contributed by atoms with van der Waals surface area (Å²) in [4.78, 5) is 13.5. The van der Waals surface area contributed by atoms with Gasteiger partial charge in [-0.15, -0.1) is 12.7 Å². The van der Waals surface area contributed by atoms with Crippen molar-refractivity contribution in [1.29, 1.82) is 0 Å². The van der Waals surface area contributed by atoms with E-state index in [9.17, 15) is 31.5 Å². The molecule has 1 aromatic heterocycles. The molecule has 14 heteroatoms. The quantitative estimate of drug-likeness (QED) is 0.442. The minimum absolute atomic E-state index is 0.0495. The summed E-state index contributed by atoms with van der Waals surface area (Å²) >= 11 is 0. The van der Waals surface area contributed by atoms with Crippen molar-refractivity contribution in [2.24, 2.45) is 0 Å². The molecule has 1 atom stereocenters. The molecule has 3 rings (SSSR count). The highest BCUT2D eigenvalue weighted by atomic mass is 32.2. The number of amides is 1. The van der Waals surface area contributed by atoms with Crippen molar-refractivity contribution < 1.29 is 49.7 Å². The molecule has 1 fully saturated rings. The lowest BCUT2D eigenvalue weighted by Gasteiger charge is -2.39. The van der Waals surface area contributed by atoms with Crippen LogP contribution in [-0.2, 0) is 26.3 Å². The van der Waals surface area contributed by atoms with E-state index in [2.05, 4.69) is 0 Å². The van der Waals surface area contributed by atoms with Crippen LogP contribution in [0, 0.1) is 0 Å². The van der Waals surface area contributed by atoms with Gasteiger partial charge in [-0.05, 0) is 30.5 Å². The molecule has 38 heavy (non-hydrogen) atoms. The molecular formula is C24H31F3N3O7S+. The Morgan fingerprint density at radius 3 is 2.32 bits per heavy atom. The van der Waals surface area contributed by atoms with Crippen molar-refractivity contribution in [2.45, 2.75) is 37.3 Å². The van der Waals surface area contributed by atoms with Crippen molar-refractivity contribution in [3.63, 3.8) is 0 Å². The largest absolute Gasteiger partial charge is 0.497 e. The van der Waals surface area contributed by atoms with Crippen LogP contribution in [0.5, 0.6) is 5.75 Å². The van der Waals surface area contributed by atoms with Crippen molar-refractivity contribution >= 4 is 16.3 Å². The number of likely N-dealkylation sites (tertiary alicyclic amines) is 1. The first kappa shape index (κ1) is 29.6. The number of nitrogens with zero attached hydrogens (tertiary/aromatic N) is 3.